The molecule has 3 atom stereocenters. The molecule has 1 N–H and O–H groups in total. The molecule has 0 aliphatic carbocycles. The zero-order valence-electron chi connectivity index (χ0n) is 15.2. The summed E-state index contributed by atoms with van der Waals surface area (Å²) >= 11 is 0. The molecule has 2 aliphatic heterocycles. The summed E-state index contributed by atoms with van der Waals surface area (Å²) in [5, 5.41) is 3.44. The van der Waals surface area contributed by atoms with Gasteiger partial charge in [-0.2, -0.15) is 0 Å². The maximum Gasteiger partial charge on any atom is 0.263 e. The van der Waals surface area contributed by atoms with E-state index in [-0.39, 0.29) is 5.91 Å². The van der Waals surface area contributed by atoms with Crippen LogP contribution in [0.3, 0.4) is 0 Å². The van der Waals surface area contributed by atoms with Crippen molar-refractivity contribution in [3.05, 3.63) is 54.6 Å². The van der Waals surface area contributed by atoms with Gasteiger partial charge in [-0.1, -0.05) is 42.5 Å². The highest BCUT2D eigenvalue weighted by Gasteiger charge is 2.40. The fraction of sp³-hybridized carbons (Fsp3) is 0.409. The third-order valence-corrected chi connectivity index (χ3v) is 5.53. The Morgan fingerprint density at radius 1 is 1.00 bits per heavy atom. The maximum atomic E-state index is 13.0. The van der Waals surface area contributed by atoms with E-state index in [1.165, 1.54) is 5.56 Å². The second kappa shape index (κ2) is 7.50. The number of hydrogen-bond acceptors (Lipinski definition) is 3. The molecule has 4 rings (SSSR count). The van der Waals surface area contributed by atoms with Crippen molar-refractivity contribution in [3.63, 3.8) is 0 Å². The topological polar surface area (TPSA) is 41.6 Å². The van der Waals surface area contributed by atoms with Crippen molar-refractivity contribution in [2.45, 2.75) is 44.4 Å². The highest BCUT2D eigenvalue weighted by atomic mass is 16.5. The van der Waals surface area contributed by atoms with Crippen molar-refractivity contribution in [2.75, 3.05) is 13.1 Å². The predicted molar refractivity (Wildman–Crippen MR) is 103 cm³/mol. The van der Waals surface area contributed by atoms with Crippen molar-refractivity contribution >= 4 is 5.91 Å². The minimum atomic E-state index is -0.459. The second-order valence-corrected chi connectivity index (χ2v) is 7.27. The molecular weight excluding hydrogens is 324 g/mol. The number of hydrogen-bond donors (Lipinski definition) is 1. The van der Waals surface area contributed by atoms with E-state index in [9.17, 15) is 4.79 Å². The zero-order valence-corrected chi connectivity index (χ0v) is 15.2. The third kappa shape index (κ3) is 3.47. The van der Waals surface area contributed by atoms with E-state index in [1.54, 1.807) is 0 Å². The largest absolute Gasteiger partial charge is 0.481 e. The number of fused-ring (bicyclic) bond motifs is 2. The van der Waals surface area contributed by atoms with Crippen LogP contribution in [0.2, 0.25) is 0 Å². The molecule has 2 aromatic rings. The molecule has 2 bridgehead atoms. The molecular formula is C22H26N2O2. The molecule has 2 heterocycles. The Balaban J connectivity index is 1.43. The molecule has 4 heteroatoms. The van der Waals surface area contributed by atoms with Crippen molar-refractivity contribution in [3.8, 4) is 16.9 Å². The molecule has 0 spiro atoms. The van der Waals surface area contributed by atoms with Gasteiger partial charge in [0.1, 0.15) is 5.75 Å². The van der Waals surface area contributed by atoms with E-state index in [2.05, 4.69) is 22.3 Å². The van der Waals surface area contributed by atoms with Gasteiger partial charge in [0.2, 0.25) is 0 Å². The van der Waals surface area contributed by atoms with Crippen LogP contribution in [0.1, 0.15) is 26.2 Å². The van der Waals surface area contributed by atoms with Gasteiger partial charge in [-0.05, 0) is 56.0 Å². The molecule has 0 radical (unpaired) electrons. The Morgan fingerprint density at radius 2 is 1.69 bits per heavy atom. The monoisotopic (exact) mass is 350 g/mol. The van der Waals surface area contributed by atoms with Gasteiger partial charge < -0.3 is 15.0 Å². The number of amides is 1. The number of nitrogens with one attached hydrogen (secondary N) is 1. The fourth-order valence-corrected chi connectivity index (χ4v) is 4.16. The Labute approximate surface area is 155 Å². The third-order valence-electron chi connectivity index (χ3n) is 5.53. The smallest absolute Gasteiger partial charge is 0.263 e. The molecule has 3 unspecified atom stereocenters. The summed E-state index contributed by atoms with van der Waals surface area (Å²) < 4.78 is 5.97. The van der Waals surface area contributed by atoms with E-state index >= 15 is 0 Å². The lowest BCUT2D eigenvalue weighted by Gasteiger charge is -2.30. The van der Waals surface area contributed by atoms with Crippen molar-refractivity contribution < 1.29 is 9.53 Å². The first-order valence-electron chi connectivity index (χ1n) is 9.57. The van der Waals surface area contributed by atoms with Gasteiger partial charge in [-0.15, -0.1) is 0 Å². The number of carbonyl (C=O) groups is 1. The van der Waals surface area contributed by atoms with Gasteiger partial charge in [-0.3, -0.25) is 4.79 Å². The number of nitrogens with zero attached hydrogens (tertiary/aromatic N) is 1. The summed E-state index contributed by atoms with van der Waals surface area (Å²) in [6.45, 7) is 3.77. The van der Waals surface area contributed by atoms with Crippen LogP contribution in [0.25, 0.3) is 11.1 Å². The van der Waals surface area contributed by atoms with Gasteiger partial charge in [-0.25, -0.2) is 0 Å². The quantitative estimate of drug-likeness (QED) is 0.918. The van der Waals surface area contributed by atoms with Crippen molar-refractivity contribution in [2.24, 2.45) is 0 Å². The highest BCUT2D eigenvalue weighted by Crippen LogP contribution is 2.29. The van der Waals surface area contributed by atoms with Gasteiger partial charge in [0.05, 0.1) is 0 Å². The first kappa shape index (κ1) is 17.1. The molecule has 2 aliphatic rings. The summed E-state index contributed by atoms with van der Waals surface area (Å²) in [6.07, 6.45) is 2.80. The molecule has 2 aromatic carbocycles. The number of ether oxygens (including phenoxy) is 1. The lowest BCUT2D eigenvalue weighted by molar-refractivity contribution is -0.140. The van der Waals surface area contributed by atoms with E-state index in [0.29, 0.717) is 12.1 Å². The first-order chi connectivity index (χ1) is 12.7. The molecule has 2 saturated heterocycles. The number of rotatable bonds is 4. The van der Waals surface area contributed by atoms with E-state index in [4.69, 9.17) is 4.74 Å². The lowest BCUT2D eigenvalue weighted by atomic mass is 10.1. The minimum absolute atomic E-state index is 0.119. The molecule has 1 amide bonds. The normalized spacial score (nSPS) is 23.3. The van der Waals surface area contributed by atoms with Gasteiger partial charge in [0, 0.05) is 18.6 Å². The summed E-state index contributed by atoms with van der Waals surface area (Å²) in [4.78, 5) is 15.1. The van der Waals surface area contributed by atoms with Gasteiger partial charge in [0.25, 0.3) is 5.91 Å². The van der Waals surface area contributed by atoms with Crippen LogP contribution in [0.5, 0.6) is 5.75 Å². The molecule has 2 fully saturated rings. The average molecular weight is 350 g/mol. The summed E-state index contributed by atoms with van der Waals surface area (Å²) in [5.41, 5.74) is 2.32. The summed E-state index contributed by atoms with van der Waals surface area (Å²) in [7, 11) is 0. The van der Waals surface area contributed by atoms with Crippen LogP contribution in [-0.2, 0) is 4.79 Å². The van der Waals surface area contributed by atoms with Crippen LogP contribution in [0, 0.1) is 0 Å². The van der Waals surface area contributed by atoms with Crippen molar-refractivity contribution in [1.29, 1.82) is 0 Å². The summed E-state index contributed by atoms with van der Waals surface area (Å²) in [5.74, 6) is 0.860. The standard InChI is InChI=1S/C22H26N2O2/c1-16(22(25)24-19-9-10-20(24)15-23-14-13-19)26-21-11-7-18(8-12-21)17-5-3-2-4-6-17/h2-8,11-12,16,19-20,23H,9-10,13-15H2,1H3. The maximum absolute atomic E-state index is 13.0. The van der Waals surface area contributed by atoms with Gasteiger partial charge in [0.15, 0.2) is 6.10 Å². The molecule has 136 valence electrons. The van der Waals surface area contributed by atoms with Crippen LogP contribution < -0.4 is 10.1 Å². The second-order valence-electron chi connectivity index (χ2n) is 7.27. The lowest BCUT2D eigenvalue weighted by Crippen LogP contribution is -2.48. The van der Waals surface area contributed by atoms with Crippen molar-refractivity contribution in [1.82, 2.24) is 10.2 Å². The Hall–Kier alpha value is -2.33. The van der Waals surface area contributed by atoms with Crippen LogP contribution >= 0.6 is 0 Å². The van der Waals surface area contributed by atoms with E-state index in [0.717, 1.165) is 43.7 Å². The number of benzene rings is 2. The van der Waals surface area contributed by atoms with E-state index in [1.807, 2.05) is 49.4 Å². The highest BCUT2D eigenvalue weighted by molar-refractivity contribution is 5.82. The Bertz CT molecular complexity index is 730. The predicted octanol–water partition coefficient (Wildman–Crippen LogP) is 3.47. The molecule has 26 heavy (non-hydrogen) atoms. The van der Waals surface area contributed by atoms with Crippen LogP contribution in [0.15, 0.2) is 54.6 Å². The molecule has 0 saturated carbocycles. The minimum Gasteiger partial charge on any atom is -0.481 e. The van der Waals surface area contributed by atoms with Crippen LogP contribution in [0.4, 0.5) is 0 Å². The summed E-state index contributed by atoms with van der Waals surface area (Å²) in [6, 6.07) is 18.9. The Morgan fingerprint density at radius 3 is 2.46 bits per heavy atom. The molecule has 4 nitrogen and oxygen atoms in total. The first-order valence-corrected chi connectivity index (χ1v) is 9.57. The Kier molecular flexibility index (Phi) is 4.93. The van der Waals surface area contributed by atoms with Crippen LogP contribution in [-0.4, -0.2) is 42.1 Å². The SMILES string of the molecule is CC(Oc1ccc(-c2ccccc2)cc1)C(=O)N1C2CCNCC1CC2. The average Bonchev–Trinajstić information content (AvgIpc) is 2.95. The molecule has 0 aromatic heterocycles. The van der Waals surface area contributed by atoms with Gasteiger partial charge >= 0.3 is 0 Å². The fourth-order valence-electron chi connectivity index (χ4n) is 4.16. The van der Waals surface area contributed by atoms with E-state index < -0.39 is 6.10 Å². The number of carbonyl (C=O) groups excluding carboxylic acids is 1. The zero-order chi connectivity index (χ0) is 17.9.